The van der Waals surface area contributed by atoms with Crippen LogP contribution in [0, 0.1) is 11.8 Å². The lowest BCUT2D eigenvalue weighted by Gasteiger charge is -2.39. The summed E-state index contributed by atoms with van der Waals surface area (Å²) in [6.45, 7) is 4.50. The molecule has 2 aliphatic heterocycles. The molecule has 3 heteroatoms. The summed E-state index contributed by atoms with van der Waals surface area (Å²) in [6, 6.07) is 1.68. The average molecular weight is 257 g/mol. The minimum Gasteiger partial charge on any atom is -0.294 e. The van der Waals surface area contributed by atoms with E-state index in [1.807, 2.05) is 0 Å². The summed E-state index contributed by atoms with van der Waals surface area (Å²) in [5, 5.41) is 0. The summed E-state index contributed by atoms with van der Waals surface area (Å²) in [6.07, 6.45) is 3.10. The molecule has 0 aromatic rings. The summed E-state index contributed by atoms with van der Waals surface area (Å²) in [5.41, 5.74) is 0. The molecule has 0 spiro atoms. The fraction of sp³-hybridized carbons (Fsp3) is 1.00. The van der Waals surface area contributed by atoms with Gasteiger partial charge in [0.05, 0.1) is 0 Å². The highest BCUT2D eigenvalue weighted by Gasteiger charge is 2.53. The molecule has 0 amide bonds. The quantitative estimate of drug-likeness (QED) is 0.692. The van der Waals surface area contributed by atoms with Gasteiger partial charge >= 0.3 is 0 Å². The van der Waals surface area contributed by atoms with Crippen LogP contribution >= 0.6 is 0 Å². The molecular weight excluding hydrogens is 232 g/mol. The van der Waals surface area contributed by atoms with Crippen molar-refractivity contribution < 1.29 is 8.78 Å². The molecule has 1 aliphatic carbocycles. The van der Waals surface area contributed by atoms with Crippen LogP contribution in [-0.4, -0.2) is 35.4 Å². The van der Waals surface area contributed by atoms with Crippen LogP contribution in [0.15, 0.2) is 0 Å². The van der Waals surface area contributed by atoms with Crippen molar-refractivity contribution in [2.45, 2.75) is 82.8 Å². The molecule has 0 aromatic carbocycles. The van der Waals surface area contributed by atoms with Crippen molar-refractivity contribution in [3.05, 3.63) is 0 Å². The van der Waals surface area contributed by atoms with Crippen LogP contribution in [0.2, 0.25) is 0 Å². The van der Waals surface area contributed by atoms with E-state index in [0.29, 0.717) is 42.8 Å². The second-order valence-corrected chi connectivity index (χ2v) is 6.78. The summed E-state index contributed by atoms with van der Waals surface area (Å²) in [4.78, 5) is 2.63. The topological polar surface area (TPSA) is 3.24 Å². The van der Waals surface area contributed by atoms with Crippen LogP contribution in [0.3, 0.4) is 0 Å². The van der Waals surface area contributed by atoms with Crippen molar-refractivity contribution in [3.63, 3.8) is 0 Å². The molecular formula is C15H25F2N. The Morgan fingerprint density at radius 2 is 1.56 bits per heavy atom. The summed E-state index contributed by atoms with van der Waals surface area (Å²) in [5.74, 6) is 0.967. The van der Waals surface area contributed by atoms with Gasteiger partial charge in [-0.2, -0.15) is 0 Å². The van der Waals surface area contributed by atoms with E-state index in [0.717, 1.165) is 6.42 Å². The first-order valence-electron chi connectivity index (χ1n) is 7.65. The number of nitrogens with zero attached hydrogens (tertiary/aromatic N) is 1. The Kier molecular flexibility index (Phi) is 3.38. The number of hydrogen-bond donors (Lipinski definition) is 0. The van der Waals surface area contributed by atoms with Crippen LogP contribution in [0.4, 0.5) is 8.78 Å². The van der Waals surface area contributed by atoms with E-state index < -0.39 is 12.3 Å². The lowest BCUT2D eigenvalue weighted by atomic mass is 9.84. The molecule has 1 saturated carbocycles. The standard InChI is InChI=1S/C15H25F2N/c1-9(2)18-14-4-3-5-15(18)11-8-13(17)12(16)7-6-10(11)14/h9-15H,3-8H2,1-2H3/t10?,11-,12?,13?,14?,15?/m0/s1. The summed E-state index contributed by atoms with van der Waals surface area (Å²) < 4.78 is 27.5. The van der Waals surface area contributed by atoms with Gasteiger partial charge in [-0.25, -0.2) is 8.78 Å². The molecule has 3 aliphatic rings. The fourth-order valence-corrected chi connectivity index (χ4v) is 4.97. The minimum absolute atomic E-state index is 0.413. The van der Waals surface area contributed by atoms with E-state index in [9.17, 15) is 8.78 Å². The highest BCUT2D eigenvalue weighted by atomic mass is 19.2. The number of rotatable bonds is 1. The molecule has 0 aromatic heterocycles. The smallest absolute Gasteiger partial charge is 0.131 e. The maximum Gasteiger partial charge on any atom is 0.131 e. The van der Waals surface area contributed by atoms with Crippen LogP contribution in [0.1, 0.15) is 52.4 Å². The van der Waals surface area contributed by atoms with Crippen LogP contribution < -0.4 is 0 Å². The van der Waals surface area contributed by atoms with Gasteiger partial charge in [-0.3, -0.25) is 4.90 Å². The molecule has 2 heterocycles. The molecule has 3 fully saturated rings. The van der Waals surface area contributed by atoms with E-state index in [-0.39, 0.29) is 0 Å². The van der Waals surface area contributed by atoms with Crippen molar-refractivity contribution in [2.24, 2.45) is 11.8 Å². The molecule has 3 rings (SSSR count). The number of piperidine rings is 1. The number of hydrogen-bond acceptors (Lipinski definition) is 1. The van der Waals surface area contributed by atoms with Gasteiger partial charge in [0.1, 0.15) is 12.3 Å². The van der Waals surface area contributed by atoms with E-state index in [4.69, 9.17) is 0 Å². The Balaban J connectivity index is 1.86. The van der Waals surface area contributed by atoms with Gasteiger partial charge in [-0.05, 0) is 57.8 Å². The van der Waals surface area contributed by atoms with Gasteiger partial charge in [-0.15, -0.1) is 0 Å². The molecule has 1 nitrogen and oxygen atoms in total. The lowest BCUT2D eigenvalue weighted by molar-refractivity contribution is 0.0731. The fourth-order valence-electron chi connectivity index (χ4n) is 4.97. The molecule has 0 radical (unpaired) electrons. The van der Waals surface area contributed by atoms with Crippen molar-refractivity contribution in [1.82, 2.24) is 4.90 Å². The monoisotopic (exact) mass is 257 g/mol. The first-order chi connectivity index (χ1) is 8.59. The van der Waals surface area contributed by atoms with Gasteiger partial charge in [0.15, 0.2) is 0 Å². The van der Waals surface area contributed by atoms with Crippen LogP contribution in [0.25, 0.3) is 0 Å². The Morgan fingerprint density at radius 1 is 0.889 bits per heavy atom. The molecule has 2 saturated heterocycles. The molecule has 104 valence electrons. The van der Waals surface area contributed by atoms with Crippen LogP contribution in [-0.2, 0) is 0 Å². The SMILES string of the molecule is CC(C)N1C2CCCC1[C@H]1CC(F)C(F)CCC21. The second-order valence-electron chi connectivity index (χ2n) is 6.78. The second kappa shape index (κ2) is 4.73. The minimum atomic E-state index is -1.21. The normalized spacial score (nSPS) is 49.2. The van der Waals surface area contributed by atoms with Crippen molar-refractivity contribution in [2.75, 3.05) is 0 Å². The van der Waals surface area contributed by atoms with Crippen molar-refractivity contribution >= 4 is 0 Å². The van der Waals surface area contributed by atoms with E-state index in [1.165, 1.54) is 19.3 Å². The summed E-state index contributed by atoms with van der Waals surface area (Å²) in [7, 11) is 0. The van der Waals surface area contributed by atoms with Gasteiger partial charge in [0.25, 0.3) is 0 Å². The zero-order chi connectivity index (χ0) is 12.9. The van der Waals surface area contributed by atoms with Crippen molar-refractivity contribution in [1.29, 1.82) is 0 Å². The van der Waals surface area contributed by atoms with Gasteiger partial charge in [0, 0.05) is 18.1 Å². The third-order valence-electron chi connectivity index (χ3n) is 5.57. The van der Waals surface area contributed by atoms with Gasteiger partial charge in [-0.1, -0.05) is 6.42 Å². The number of fused-ring (bicyclic) bond motifs is 5. The zero-order valence-electron chi connectivity index (χ0n) is 11.5. The largest absolute Gasteiger partial charge is 0.294 e. The molecule has 0 N–H and O–H groups in total. The molecule has 6 atom stereocenters. The first-order valence-corrected chi connectivity index (χ1v) is 7.65. The molecule has 5 unspecified atom stereocenters. The third kappa shape index (κ3) is 1.90. The Bertz CT molecular complexity index is 307. The van der Waals surface area contributed by atoms with Gasteiger partial charge < -0.3 is 0 Å². The van der Waals surface area contributed by atoms with Crippen molar-refractivity contribution in [3.8, 4) is 0 Å². The van der Waals surface area contributed by atoms with E-state index >= 15 is 0 Å². The number of halogens is 2. The highest BCUT2D eigenvalue weighted by Crippen LogP contribution is 2.50. The zero-order valence-corrected chi connectivity index (χ0v) is 11.5. The Morgan fingerprint density at radius 3 is 2.22 bits per heavy atom. The third-order valence-corrected chi connectivity index (χ3v) is 5.57. The van der Waals surface area contributed by atoms with E-state index in [1.54, 1.807) is 0 Å². The predicted octanol–water partition coefficient (Wildman–Crippen LogP) is 3.72. The van der Waals surface area contributed by atoms with E-state index in [2.05, 4.69) is 18.7 Å². The highest BCUT2D eigenvalue weighted by molar-refractivity contribution is 5.05. The maximum absolute atomic E-state index is 13.9. The number of alkyl halides is 2. The summed E-state index contributed by atoms with van der Waals surface area (Å²) >= 11 is 0. The van der Waals surface area contributed by atoms with Crippen LogP contribution in [0.5, 0.6) is 0 Å². The lowest BCUT2D eigenvalue weighted by Crippen LogP contribution is -2.46. The predicted molar refractivity (Wildman–Crippen MR) is 69.0 cm³/mol. The Labute approximate surface area is 109 Å². The molecule has 18 heavy (non-hydrogen) atoms. The first kappa shape index (κ1) is 12.8. The maximum atomic E-state index is 13.9. The van der Waals surface area contributed by atoms with Gasteiger partial charge in [0.2, 0.25) is 0 Å². The Hall–Kier alpha value is -0.180. The average Bonchev–Trinajstić information content (AvgIpc) is 2.46. The molecule has 2 bridgehead atoms.